The first kappa shape index (κ1) is 19.2. The highest BCUT2D eigenvalue weighted by molar-refractivity contribution is 5.86. The Bertz CT molecular complexity index is 1020. The fourth-order valence-electron chi connectivity index (χ4n) is 3.36. The summed E-state index contributed by atoms with van der Waals surface area (Å²) in [6.45, 7) is 7.73. The van der Waals surface area contributed by atoms with Gasteiger partial charge >= 0.3 is 6.09 Å². The van der Waals surface area contributed by atoms with Crippen LogP contribution in [0.3, 0.4) is 0 Å². The monoisotopic (exact) mass is 390 g/mol. The molecule has 0 unspecified atom stereocenters. The van der Waals surface area contributed by atoms with Crippen molar-refractivity contribution in [1.82, 2.24) is 14.9 Å². The summed E-state index contributed by atoms with van der Waals surface area (Å²) in [6, 6.07) is 16.5. The molecule has 0 bridgehead atoms. The van der Waals surface area contributed by atoms with Crippen LogP contribution in [0.1, 0.15) is 20.8 Å². The number of fused-ring (bicyclic) bond motifs is 1. The Hall–Kier alpha value is -3.15. The lowest BCUT2D eigenvalue weighted by atomic mass is 10.0. The van der Waals surface area contributed by atoms with Gasteiger partial charge in [0.15, 0.2) is 0 Å². The van der Waals surface area contributed by atoms with Crippen molar-refractivity contribution >= 4 is 22.8 Å². The maximum atomic E-state index is 12.0. The topological polar surface area (TPSA) is 67.3 Å². The van der Waals surface area contributed by atoms with Crippen molar-refractivity contribution in [3.05, 3.63) is 54.7 Å². The van der Waals surface area contributed by atoms with Crippen LogP contribution in [-0.2, 0) is 4.74 Å². The Balaban J connectivity index is 1.35. The van der Waals surface area contributed by atoms with E-state index < -0.39 is 5.60 Å². The van der Waals surface area contributed by atoms with Crippen molar-refractivity contribution < 1.29 is 9.53 Å². The molecule has 2 aromatic carbocycles. The zero-order valence-electron chi connectivity index (χ0n) is 17.1. The predicted octanol–water partition coefficient (Wildman–Crippen LogP) is 4.58. The fourth-order valence-corrected chi connectivity index (χ4v) is 3.36. The average molecular weight is 390 g/mol. The van der Waals surface area contributed by atoms with Crippen LogP contribution in [0.5, 0.6) is 0 Å². The highest BCUT2D eigenvalue weighted by atomic mass is 16.6. The second-order valence-electron chi connectivity index (χ2n) is 8.46. The van der Waals surface area contributed by atoms with Crippen LogP contribution in [0.2, 0.25) is 0 Å². The molecule has 1 aliphatic heterocycles. The molecule has 3 aromatic rings. The maximum absolute atomic E-state index is 12.0. The van der Waals surface area contributed by atoms with Gasteiger partial charge in [-0.15, -0.1) is 0 Å². The van der Waals surface area contributed by atoms with Crippen LogP contribution in [0.15, 0.2) is 54.7 Å². The molecule has 1 aliphatic rings. The molecular weight excluding hydrogens is 364 g/mol. The van der Waals surface area contributed by atoms with Crippen LogP contribution >= 0.6 is 0 Å². The zero-order valence-corrected chi connectivity index (χ0v) is 17.1. The number of benzene rings is 2. The van der Waals surface area contributed by atoms with E-state index in [1.807, 2.05) is 39.0 Å². The first-order valence-electron chi connectivity index (χ1n) is 9.91. The lowest BCUT2D eigenvalue weighted by Crippen LogP contribution is -2.53. The van der Waals surface area contributed by atoms with Crippen LogP contribution in [0.4, 0.5) is 10.7 Å². The standard InChI is InChI=1S/C23H26N4O2/c1-23(2,3)29-22(28)27-14-16(15-27)13-25-21-24-11-10-20(26-21)19-9-8-17-6-4-5-7-18(17)12-19/h4-12,16H,13-15H2,1-3H3,(H,24,25,26). The van der Waals surface area contributed by atoms with E-state index in [0.29, 0.717) is 25.0 Å². The summed E-state index contributed by atoms with van der Waals surface area (Å²) >= 11 is 0. The van der Waals surface area contributed by atoms with Crippen molar-refractivity contribution in [2.24, 2.45) is 5.92 Å². The van der Waals surface area contributed by atoms with Crippen molar-refractivity contribution in [2.75, 3.05) is 25.0 Å². The van der Waals surface area contributed by atoms with Crippen molar-refractivity contribution in [3.8, 4) is 11.3 Å². The van der Waals surface area contributed by atoms with E-state index in [0.717, 1.165) is 17.8 Å². The van der Waals surface area contributed by atoms with Crippen LogP contribution in [0, 0.1) is 5.92 Å². The summed E-state index contributed by atoms with van der Waals surface area (Å²) in [7, 11) is 0. The van der Waals surface area contributed by atoms with Crippen LogP contribution in [0.25, 0.3) is 22.0 Å². The zero-order chi connectivity index (χ0) is 20.4. The average Bonchev–Trinajstić information content (AvgIpc) is 2.65. The highest BCUT2D eigenvalue weighted by Gasteiger charge is 2.33. The van der Waals surface area contributed by atoms with Gasteiger partial charge in [-0.25, -0.2) is 14.8 Å². The molecule has 6 nitrogen and oxygen atoms in total. The van der Waals surface area contributed by atoms with Gasteiger partial charge in [0.2, 0.25) is 5.95 Å². The molecule has 150 valence electrons. The summed E-state index contributed by atoms with van der Waals surface area (Å²) in [5.41, 5.74) is 1.49. The van der Waals surface area contributed by atoms with Gasteiger partial charge in [0.1, 0.15) is 5.60 Å². The Morgan fingerprint density at radius 3 is 2.66 bits per heavy atom. The number of anilines is 1. The van der Waals surface area contributed by atoms with Gasteiger partial charge in [0, 0.05) is 37.3 Å². The minimum Gasteiger partial charge on any atom is -0.444 e. The summed E-state index contributed by atoms with van der Waals surface area (Å²) in [4.78, 5) is 22.7. The first-order valence-corrected chi connectivity index (χ1v) is 9.91. The molecule has 0 radical (unpaired) electrons. The molecule has 1 N–H and O–H groups in total. The third-order valence-corrected chi connectivity index (χ3v) is 4.86. The molecule has 1 aromatic heterocycles. The number of aromatic nitrogens is 2. The SMILES string of the molecule is CC(C)(C)OC(=O)N1CC(CNc2nccc(-c3ccc4ccccc4c3)n2)C1. The van der Waals surface area contributed by atoms with Crippen LogP contribution in [-0.4, -0.2) is 46.2 Å². The van der Waals surface area contributed by atoms with Gasteiger partial charge in [-0.1, -0.05) is 36.4 Å². The van der Waals surface area contributed by atoms with Gasteiger partial charge in [0.25, 0.3) is 0 Å². The molecule has 0 aliphatic carbocycles. The number of amides is 1. The van der Waals surface area contributed by atoms with E-state index >= 15 is 0 Å². The van der Waals surface area contributed by atoms with Crippen molar-refractivity contribution in [2.45, 2.75) is 26.4 Å². The number of likely N-dealkylation sites (tertiary alicyclic amines) is 1. The summed E-state index contributed by atoms with van der Waals surface area (Å²) in [5.74, 6) is 0.974. The summed E-state index contributed by atoms with van der Waals surface area (Å²) < 4.78 is 5.39. The number of hydrogen-bond donors (Lipinski definition) is 1. The minimum atomic E-state index is -0.461. The molecule has 0 saturated carbocycles. The van der Waals surface area contributed by atoms with E-state index in [2.05, 4.69) is 45.6 Å². The van der Waals surface area contributed by atoms with Crippen LogP contribution < -0.4 is 5.32 Å². The maximum Gasteiger partial charge on any atom is 0.410 e. The molecular formula is C23H26N4O2. The normalized spacial score (nSPS) is 14.5. The van der Waals surface area contributed by atoms with Crippen molar-refractivity contribution in [1.29, 1.82) is 0 Å². The van der Waals surface area contributed by atoms with Gasteiger partial charge in [-0.2, -0.15) is 0 Å². The van der Waals surface area contributed by atoms with E-state index in [-0.39, 0.29) is 6.09 Å². The third kappa shape index (κ3) is 4.65. The third-order valence-electron chi connectivity index (χ3n) is 4.86. The number of nitrogens with zero attached hydrogens (tertiary/aromatic N) is 3. The molecule has 4 rings (SSSR count). The first-order chi connectivity index (χ1) is 13.9. The van der Waals surface area contributed by atoms with Gasteiger partial charge in [-0.3, -0.25) is 0 Å². The van der Waals surface area contributed by atoms with E-state index in [4.69, 9.17) is 4.74 Å². The molecule has 1 amide bonds. The highest BCUT2D eigenvalue weighted by Crippen LogP contribution is 2.24. The Morgan fingerprint density at radius 1 is 1.14 bits per heavy atom. The molecule has 2 heterocycles. The van der Waals surface area contributed by atoms with E-state index in [1.165, 1.54) is 10.8 Å². The van der Waals surface area contributed by atoms with Gasteiger partial charge < -0.3 is 15.0 Å². The molecule has 1 saturated heterocycles. The lowest BCUT2D eigenvalue weighted by Gasteiger charge is -2.39. The Morgan fingerprint density at radius 2 is 1.90 bits per heavy atom. The predicted molar refractivity (Wildman–Crippen MR) is 115 cm³/mol. The van der Waals surface area contributed by atoms with Crippen molar-refractivity contribution in [3.63, 3.8) is 0 Å². The smallest absolute Gasteiger partial charge is 0.410 e. The number of hydrogen-bond acceptors (Lipinski definition) is 5. The number of carbonyl (C=O) groups is 1. The van der Waals surface area contributed by atoms with E-state index in [9.17, 15) is 4.79 Å². The Labute approximate surface area is 170 Å². The second-order valence-corrected chi connectivity index (χ2v) is 8.46. The largest absolute Gasteiger partial charge is 0.444 e. The Kier molecular flexibility index (Phi) is 5.09. The minimum absolute atomic E-state index is 0.247. The molecule has 0 atom stereocenters. The number of nitrogens with one attached hydrogen (secondary N) is 1. The molecule has 1 fully saturated rings. The quantitative estimate of drug-likeness (QED) is 0.706. The fraction of sp³-hybridized carbons (Fsp3) is 0.348. The van der Waals surface area contributed by atoms with Gasteiger partial charge in [0.05, 0.1) is 5.69 Å². The number of rotatable bonds is 4. The molecule has 29 heavy (non-hydrogen) atoms. The second kappa shape index (κ2) is 7.70. The molecule has 0 spiro atoms. The van der Waals surface area contributed by atoms with Gasteiger partial charge in [-0.05, 0) is 43.7 Å². The number of carbonyl (C=O) groups excluding carboxylic acids is 1. The summed E-state index contributed by atoms with van der Waals surface area (Å²) in [6.07, 6.45) is 1.52. The molecule has 6 heteroatoms. The number of ether oxygens (including phenoxy) is 1. The van der Waals surface area contributed by atoms with E-state index in [1.54, 1.807) is 11.1 Å². The summed E-state index contributed by atoms with van der Waals surface area (Å²) in [5, 5.41) is 5.70. The lowest BCUT2D eigenvalue weighted by molar-refractivity contribution is 0.000832.